The van der Waals surface area contributed by atoms with E-state index in [2.05, 4.69) is 10.5 Å². The van der Waals surface area contributed by atoms with Gasteiger partial charge in [0.15, 0.2) is 5.84 Å². The van der Waals surface area contributed by atoms with Crippen LogP contribution in [0.2, 0.25) is 0 Å². The van der Waals surface area contributed by atoms with Crippen LogP contribution in [0.1, 0.15) is 24.5 Å². The molecule has 5 nitrogen and oxygen atoms in total. The second kappa shape index (κ2) is 6.52. The van der Waals surface area contributed by atoms with E-state index in [4.69, 9.17) is 10.9 Å². The van der Waals surface area contributed by atoms with E-state index in [1.54, 1.807) is 24.3 Å². The molecule has 0 aliphatic rings. The van der Waals surface area contributed by atoms with E-state index >= 15 is 0 Å². The SMILES string of the molecule is CCCNC(=O)Cc1ccc(C(N)=NO)cc1. The van der Waals surface area contributed by atoms with Gasteiger partial charge in [-0.2, -0.15) is 0 Å². The molecule has 0 aliphatic heterocycles. The monoisotopic (exact) mass is 235 g/mol. The maximum atomic E-state index is 11.4. The fourth-order valence-electron chi connectivity index (χ4n) is 1.36. The first kappa shape index (κ1) is 13.0. The van der Waals surface area contributed by atoms with E-state index < -0.39 is 0 Å². The summed E-state index contributed by atoms with van der Waals surface area (Å²) >= 11 is 0. The second-order valence-corrected chi connectivity index (χ2v) is 3.71. The number of benzene rings is 1. The molecule has 1 amide bonds. The number of amides is 1. The first-order valence-electron chi connectivity index (χ1n) is 5.51. The molecule has 0 fully saturated rings. The van der Waals surface area contributed by atoms with Crippen molar-refractivity contribution in [3.8, 4) is 0 Å². The Labute approximate surface area is 100 Å². The Morgan fingerprint density at radius 3 is 2.59 bits per heavy atom. The zero-order valence-corrected chi connectivity index (χ0v) is 9.81. The number of nitrogens with zero attached hydrogens (tertiary/aromatic N) is 1. The van der Waals surface area contributed by atoms with Crippen LogP contribution in [0.3, 0.4) is 0 Å². The summed E-state index contributed by atoms with van der Waals surface area (Å²) in [6.45, 7) is 2.70. The predicted molar refractivity (Wildman–Crippen MR) is 66.0 cm³/mol. The summed E-state index contributed by atoms with van der Waals surface area (Å²) in [4.78, 5) is 11.4. The lowest BCUT2D eigenvalue weighted by Gasteiger charge is -2.04. The molecule has 1 rings (SSSR count). The molecule has 0 aliphatic carbocycles. The third-order valence-corrected chi connectivity index (χ3v) is 2.29. The Hall–Kier alpha value is -2.04. The summed E-state index contributed by atoms with van der Waals surface area (Å²) in [6, 6.07) is 7.02. The van der Waals surface area contributed by atoms with Gasteiger partial charge in [-0.1, -0.05) is 36.3 Å². The highest BCUT2D eigenvalue weighted by Crippen LogP contribution is 2.05. The average molecular weight is 235 g/mol. The van der Waals surface area contributed by atoms with Gasteiger partial charge in [0.25, 0.3) is 0 Å². The highest BCUT2D eigenvalue weighted by atomic mass is 16.4. The van der Waals surface area contributed by atoms with Crippen molar-refractivity contribution in [3.63, 3.8) is 0 Å². The van der Waals surface area contributed by atoms with Crippen molar-refractivity contribution >= 4 is 11.7 Å². The summed E-state index contributed by atoms with van der Waals surface area (Å²) in [7, 11) is 0. The lowest BCUT2D eigenvalue weighted by Crippen LogP contribution is -2.25. The lowest BCUT2D eigenvalue weighted by molar-refractivity contribution is -0.120. The van der Waals surface area contributed by atoms with Crippen LogP contribution in [0.25, 0.3) is 0 Å². The van der Waals surface area contributed by atoms with Gasteiger partial charge in [-0.3, -0.25) is 4.79 Å². The third kappa shape index (κ3) is 4.14. The van der Waals surface area contributed by atoms with Crippen LogP contribution in [-0.4, -0.2) is 23.5 Å². The smallest absolute Gasteiger partial charge is 0.224 e. The van der Waals surface area contributed by atoms with Gasteiger partial charge in [0.2, 0.25) is 5.91 Å². The van der Waals surface area contributed by atoms with Crippen LogP contribution < -0.4 is 11.1 Å². The number of carbonyl (C=O) groups excluding carboxylic acids is 1. The van der Waals surface area contributed by atoms with Crippen molar-refractivity contribution in [2.75, 3.05) is 6.54 Å². The molecule has 0 heterocycles. The van der Waals surface area contributed by atoms with E-state index in [9.17, 15) is 4.79 Å². The van der Waals surface area contributed by atoms with Gasteiger partial charge < -0.3 is 16.3 Å². The molecule has 1 aromatic rings. The van der Waals surface area contributed by atoms with E-state index in [1.807, 2.05) is 6.92 Å². The summed E-state index contributed by atoms with van der Waals surface area (Å²) in [6.07, 6.45) is 1.27. The summed E-state index contributed by atoms with van der Waals surface area (Å²) in [5, 5.41) is 14.2. The molecule has 4 N–H and O–H groups in total. The number of oxime groups is 1. The number of nitrogens with two attached hydrogens (primary N) is 1. The zero-order chi connectivity index (χ0) is 12.7. The van der Waals surface area contributed by atoms with Gasteiger partial charge in [-0.25, -0.2) is 0 Å². The molecule has 0 atom stereocenters. The molecule has 0 unspecified atom stereocenters. The third-order valence-electron chi connectivity index (χ3n) is 2.29. The summed E-state index contributed by atoms with van der Waals surface area (Å²) in [5.41, 5.74) is 6.96. The first-order chi connectivity index (χ1) is 8.17. The maximum absolute atomic E-state index is 11.4. The van der Waals surface area contributed by atoms with Crippen molar-refractivity contribution in [2.24, 2.45) is 10.9 Å². The van der Waals surface area contributed by atoms with Gasteiger partial charge in [-0.15, -0.1) is 0 Å². The molecule has 17 heavy (non-hydrogen) atoms. The standard InChI is InChI=1S/C12H17N3O2/c1-2-7-14-11(16)8-9-3-5-10(6-4-9)12(13)15-17/h3-6,17H,2,7-8H2,1H3,(H2,13,15)(H,14,16). The Balaban J connectivity index is 2.59. The lowest BCUT2D eigenvalue weighted by atomic mass is 10.1. The van der Waals surface area contributed by atoms with Crippen LogP contribution in [0.5, 0.6) is 0 Å². The maximum Gasteiger partial charge on any atom is 0.224 e. The zero-order valence-electron chi connectivity index (χ0n) is 9.81. The average Bonchev–Trinajstić information content (AvgIpc) is 2.36. The van der Waals surface area contributed by atoms with Crippen LogP contribution in [0.4, 0.5) is 0 Å². The van der Waals surface area contributed by atoms with Crippen LogP contribution in [-0.2, 0) is 11.2 Å². The van der Waals surface area contributed by atoms with Gasteiger partial charge >= 0.3 is 0 Å². The van der Waals surface area contributed by atoms with Gasteiger partial charge in [0, 0.05) is 12.1 Å². The van der Waals surface area contributed by atoms with E-state index in [-0.39, 0.29) is 11.7 Å². The molecule has 0 bridgehead atoms. The number of carbonyl (C=O) groups is 1. The number of hydrogen-bond acceptors (Lipinski definition) is 3. The number of hydrogen-bond donors (Lipinski definition) is 3. The van der Waals surface area contributed by atoms with Crippen molar-refractivity contribution in [1.82, 2.24) is 5.32 Å². The van der Waals surface area contributed by atoms with Gasteiger partial charge in [-0.05, 0) is 12.0 Å². The fourth-order valence-corrected chi connectivity index (χ4v) is 1.36. The minimum atomic E-state index is 0.00315. The first-order valence-corrected chi connectivity index (χ1v) is 5.51. The van der Waals surface area contributed by atoms with Crippen molar-refractivity contribution < 1.29 is 10.0 Å². The normalized spacial score (nSPS) is 11.2. The Kier molecular flexibility index (Phi) is 5.00. The largest absolute Gasteiger partial charge is 0.409 e. The number of nitrogens with one attached hydrogen (secondary N) is 1. The molecule has 5 heteroatoms. The molecular weight excluding hydrogens is 218 g/mol. The summed E-state index contributed by atoms with van der Waals surface area (Å²) in [5.74, 6) is 0.0652. The van der Waals surface area contributed by atoms with Crippen molar-refractivity contribution in [1.29, 1.82) is 0 Å². The quantitative estimate of drug-likeness (QED) is 0.306. The van der Waals surface area contributed by atoms with Crippen molar-refractivity contribution in [2.45, 2.75) is 19.8 Å². The van der Waals surface area contributed by atoms with Crippen molar-refractivity contribution in [3.05, 3.63) is 35.4 Å². The summed E-state index contributed by atoms with van der Waals surface area (Å²) < 4.78 is 0. The molecule has 92 valence electrons. The van der Waals surface area contributed by atoms with Crippen LogP contribution >= 0.6 is 0 Å². The van der Waals surface area contributed by atoms with E-state index in [0.717, 1.165) is 12.0 Å². The highest BCUT2D eigenvalue weighted by molar-refractivity contribution is 5.97. The van der Waals surface area contributed by atoms with Crippen LogP contribution in [0.15, 0.2) is 29.4 Å². The fraction of sp³-hybridized carbons (Fsp3) is 0.333. The molecule has 1 aromatic carbocycles. The Morgan fingerprint density at radius 1 is 1.41 bits per heavy atom. The predicted octanol–water partition coefficient (Wildman–Crippen LogP) is 0.850. The molecule has 0 saturated heterocycles. The highest BCUT2D eigenvalue weighted by Gasteiger charge is 2.03. The number of amidine groups is 1. The Bertz CT molecular complexity index is 399. The molecule has 0 spiro atoms. The molecule has 0 aromatic heterocycles. The molecule has 0 saturated carbocycles. The molecular formula is C12H17N3O2. The van der Waals surface area contributed by atoms with Gasteiger partial charge in [0.05, 0.1) is 6.42 Å². The van der Waals surface area contributed by atoms with E-state index in [1.165, 1.54) is 0 Å². The number of rotatable bonds is 5. The van der Waals surface area contributed by atoms with Crippen LogP contribution in [0, 0.1) is 0 Å². The minimum Gasteiger partial charge on any atom is -0.409 e. The Morgan fingerprint density at radius 2 is 2.06 bits per heavy atom. The van der Waals surface area contributed by atoms with Gasteiger partial charge in [0.1, 0.15) is 0 Å². The second-order valence-electron chi connectivity index (χ2n) is 3.71. The minimum absolute atomic E-state index is 0.00315. The molecule has 0 radical (unpaired) electrons. The van der Waals surface area contributed by atoms with E-state index in [0.29, 0.717) is 18.5 Å². The topological polar surface area (TPSA) is 87.7 Å².